The summed E-state index contributed by atoms with van der Waals surface area (Å²) in [5.74, 6) is -2.14. The van der Waals surface area contributed by atoms with Gasteiger partial charge in [-0.1, -0.05) is 19.1 Å². The normalized spacial score (nSPS) is 13.5. The van der Waals surface area contributed by atoms with E-state index < -0.39 is 40.4 Å². The number of halogens is 3. The van der Waals surface area contributed by atoms with Gasteiger partial charge in [-0.3, -0.25) is 4.79 Å². The van der Waals surface area contributed by atoms with Crippen molar-refractivity contribution in [3.8, 4) is 0 Å². The number of carbonyl (C=O) groups is 1. The second-order valence-corrected chi connectivity index (χ2v) is 8.88. The summed E-state index contributed by atoms with van der Waals surface area (Å²) in [5, 5.41) is 10.5. The highest BCUT2D eigenvalue weighted by atomic mass is 32.2. The molecule has 0 radical (unpaired) electrons. The highest BCUT2D eigenvalue weighted by Gasteiger charge is 2.38. The topological polar surface area (TPSA) is 115 Å². The first-order chi connectivity index (χ1) is 13.9. The Morgan fingerprint density at radius 1 is 1.20 bits per heavy atom. The lowest BCUT2D eigenvalue weighted by Crippen LogP contribution is -2.18. The molecule has 7 nitrogen and oxygen atoms in total. The fourth-order valence-corrected chi connectivity index (χ4v) is 3.91. The molecule has 1 unspecified atom stereocenters. The molecule has 1 heterocycles. The van der Waals surface area contributed by atoms with Gasteiger partial charge in [0.05, 0.1) is 34.3 Å². The Balaban J connectivity index is 2.00. The monoisotopic (exact) mass is 441 g/mol. The summed E-state index contributed by atoms with van der Waals surface area (Å²) in [6.45, 7) is 1.01. The van der Waals surface area contributed by atoms with Crippen molar-refractivity contribution < 1.29 is 31.5 Å². The molecule has 0 bridgehead atoms. The molecule has 3 N–H and O–H groups in total. The summed E-state index contributed by atoms with van der Waals surface area (Å²) >= 11 is 0. The van der Waals surface area contributed by atoms with Gasteiger partial charge in [-0.2, -0.15) is 13.2 Å². The summed E-state index contributed by atoms with van der Waals surface area (Å²) in [4.78, 5) is 14.9. The first-order valence-electron chi connectivity index (χ1n) is 8.82. The van der Waals surface area contributed by atoms with Crippen LogP contribution in [0.2, 0.25) is 0 Å². The average Bonchev–Trinajstić information content (AvgIpc) is 3.06. The molecule has 0 spiro atoms. The number of sulfone groups is 1. The van der Waals surface area contributed by atoms with Crippen LogP contribution in [-0.4, -0.2) is 34.7 Å². The van der Waals surface area contributed by atoms with E-state index in [2.05, 4.69) is 4.98 Å². The zero-order chi connectivity index (χ0) is 22.3. The minimum Gasteiger partial charge on any atom is -0.387 e. The maximum absolute atomic E-state index is 13.5. The van der Waals surface area contributed by atoms with E-state index in [9.17, 15) is 31.5 Å². The lowest BCUT2D eigenvalue weighted by atomic mass is 10.1. The standard InChI is InChI=1S/C19H18F3N3O4S/c1-2-30(28,29)13-6-3-11(4-7-13)16(26)10-25-15-8-5-12(17(23)27)9-14(15)24-18(25)19(20,21)22/h3-9,16,26H,2,10H2,1H3,(H2,23,27). The lowest BCUT2D eigenvalue weighted by molar-refractivity contribution is -0.147. The molecule has 2 aromatic carbocycles. The Morgan fingerprint density at radius 3 is 2.37 bits per heavy atom. The summed E-state index contributed by atoms with van der Waals surface area (Å²) in [6, 6.07) is 9.01. The van der Waals surface area contributed by atoms with E-state index in [1.807, 2.05) is 0 Å². The van der Waals surface area contributed by atoms with Crippen LogP contribution in [0.15, 0.2) is 47.4 Å². The van der Waals surface area contributed by atoms with E-state index in [-0.39, 0.29) is 32.8 Å². The van der Waals surface area contributed by atoms with Crippen molar-refractivity contribution in [1.29, 1.82) is 0 Å². The van der Waals surface area contributed by atoms with Gasteiger partial charge < -0.3 is 15.4 Å². The molecule has 1 aromatic heterocycles. The number of benzene rings is 2. The predicted molar refractivity (Wildman–Crippen MR) is 102 cm³/mol. The van der Waals surface area contributed by atoms with Gasteiger partial charge >= 0.3 is 6.18 Å². The van der Waals surface area contributed by atoms with E-state index in [1.54, 1.807) is 0 Å². The first kappa shape index (κ1) is 21.8. The number of carbonyl (C=O) groups excluding carboxylic acids is 1. The van der Waals surface area contributed by atoms with Crippen LogP contribution in [0.25, 0.3) is 11.0 Å². The van der Waals surface area contributed by atoms with Crippen molar-refractivity contribution in [2.75, 3.05) is 5.75 Å². The number of amides is 1. The first-order valence-corrected chi connectivity index (χ1v) is 10.5. The Bertz CT molecular complexity index is 1200. The smallest absolute Gasteiger partial charge is 0.387 e. The van der Waals surface area contributed by atoms with Gasteiger partial charge in [-0.05, 0) is 35.9 Å². The molecule has 3 aromatic rings. The molecule has 0 saturated carbocycles. The zero-order valence-corrected chi connectivity index (χ0v) is 16.5. The van der Waals surface area contributed by atoms with Gasteiger partial charge in [-0.15, -0.1) is 0 Å². The molecule has 11 heteroatoms. The maximum atomic E-state index is 13.5. The lowest BCUT2D eigenvalue weighted by Gasteiger charge is -2.16. The number of nitrogens with two attached hydrogens (primary N) is 1. The number of alkyl halides is 3. The van der Waals surface area contributed by atoms with E-state index in [0.717, 1.165) is 10.6 Å². The molecule has 1 amide bonds. The highest BCUT2D eigenvalue weighted by Crippen LogP contribution is 2.33. The van der Waals surface area contributed by atoms with Gasteiger partial charge in [0.25, 0.3) is 0 Å². The van der Waals surface area contributed by atoms with Crippen molar-refractivity contribution in [3.05, 3.63) is 59.4 Å². The van der Waals surface area contributed by atoms with Crippen LogP contribution in [0.3, 0.4) is 0 Å². The predicted octanol–water partition coefficient (Wildman–Crippen LogP) is 2.68. The molecule has 0 aliphatic rings. The number of hydrogen-bond acceptors (Lipinski definition) is 5. The van der Waals surface area contributed by atoms with Gasteiger partial charge in [-0.25, -0.2) is 13.4 Å². The molecule has 30 heavy (non-hydrogen) atoms. The second-order valence-electron chi connectivity index (χ2n) is 6.60. The number of imidazole rings is 1. The number of fused-ring (bicyclic) bond motifs is 1. The van der Waals surface area contributed by atoms with Crippen molar-refractivity contribution >= 4 is 26.8 Å². The van der Waals surface area contributed by atoms with Crippen LogP contribution in [0.5, 0.6) is 0 Å². The Morgan fingerprint density at radius 2 is 1.83 bits per heavy atom. The Kier molecular flexibility index (Phi) is 5.61. The zero-order valence-electron chi connectivity index (χ0n) is 15.7. The van der Waals surface area contributed by atoms with Gasteiger partial charge in [0.2, 0.25) is 11.7 Å². The third-order valence-electron chi connectivity index (χ3n) is 4.65. The largest absolute Gasteiger partial charge is 0.449 e. The molecular formula is C19H18F3N3O4S. The minimum absolute atomic E-state index is 0.00847. The number of nitrogens with zero attached hydrogens (tertiary/aromatic N) is 2. The van der Waals surface area contributed by atoms with Gasteiger partial charge in [0.15, 0.2) is 9.84 Å². The van der Waals surface area contributed by atoms with E-state index in [1.165, 1.54) is 43.3 Å². The van der Waals surface area contributed by atoms with Crippen LogP contribution >= 0.6 is 0 Å². The van der Waals surface area contributed by atoms with Crippen LogP contribution in [0.4, 0.5) is 13.2 Å². The van der Waals surface area contributed by atoms with Crippen molar-refractivity contribution in [1.82, 2.24) is 9.55 Å². The molecule has 0 fully saturated rings. The summed E-state index contributed by atoms with van der Waals surface area (Å²) < 4.78 is 65.1. The molecule has 160 valence electrons. The van der Waals surface area contributed by atoms with E-state index in [4.69, 9.17) is 5.73 Å². The highest BCUT2D eigenvalue weighted by molar-refractivity contribution is 7.91. The minimum atomic E-state index is -4.80. The van der Waals surface area contributed by atoms with Gasteiger partial charge in [0, 0.05) is 5.56 Å². The Hall–Kier alpha value is -2.92. The maximum Gasteiger partial charge on any atom is 0.449 e. The summed E-state index contributed by atoms with van der Waals surface area (Å²) in [6.07, 6.45) is -6.16. The van der Waals surface area contributed by atoms with E-state index >= 15 is 0 Å². The van der Waals surface area contributed by atoms with E-state index in [0.29, 0.717) is 0 Å². The van der Waals surface area contributed by atoms with Crippen LogP contribution in [-0.2, 0) is 22.6 Å². The molecule has 1 atom stereocenters. The SMILES string of the molecule is CCS(=O)(=O)c1ccc(C(O)Cn2c(C(F)(F)F)nc3cc(C(N)=O)ccc32)cc1. The number of aliphatic hydroxyl groups is 1. The third kappa shape index (κ3) is 4.17. The van der Waals surface area contributed by atoms with Gasteiger partial charge in [0.1, 0.15) is 0 Å². The van der Waals surface area contributed by atoms with Crippen LogP contribution in [0.1, 0.15) is 34.8 Å². The molecule has 0 saturated heterocycles. The second kappa shape index (κ2) is 7.73. The van der Waals surface area contributed by atoms with Crippen molar-refractivity contribution in [3.63, 3.8) is 0 Å². The van der Waals surface area contributed by atoms with Crippen LogP contribution in [0, 0.1) is 0 Å². The molecule has 3 rings (SSSR count). The fraction of sp³-hybridized carbons (Fsp3) is 0.263. The van der Waals surface area contributed by atoms with Crippen LogP contribution < -0.4 is 5.73 Å². The third-order valence-corrected chi connectivity index (χ3v) is 6.40. The number of hydrogen-bond donors (Lipinski definition) is 2. The van der Waals surface area contributed by atoms with Crippen molar-refractivity contribution in [2.45, 2.75) is 30.6 Å². The average molecular weight is 441 g/mol. The molecule has 0 aliphatic heterocycles. The summed E-state index contributed by atoms with van der Waals surface area (Å²) in [5.41, 5.74) is 5.40. The number of rotatable bonds is 6. The number of aliphatic hydroxyl groups excluding tert-OH is 1. The Labute approximate surface area is 169 Å². The number of primary amides is 1. The fourth-order valence-electron chi connectivity index (χ4n) is 3.03. The molecule has 0 aliphatic carbocycles. The molecular weight excluding hydrogens is 423 g/mol. The van der Waals surface area contributed by atoms with Crippen molar-refractivity contribution in [2.24, 2.45) is 5.73 Å². The quantitative estimate of drug-likeness (QED) is 0.610. The summed E-state index contributed by atoms with van der Waals surface area (Å²) in [7, 11) is -3.44. The number of aromatic nitrogens is 2.